The van der Waals surface area contributed by atoms with Crippen LogP contribution >= 0.6 is 0 Å². The molecule has 0 aliphatic heterocycles. The van der Waals surface area contributed by atoms with E-state index in [2.05, 4.69) is 20.4 Å². The Labute approximate surface area is 234 Å². The summed E-state index contributed by atoms with van der Waals surface area (Å²) in [6.07, 6.45) is 40.1. The van der Waals surface area contributed by atoms with E-state index in [1.54, 1.807) is 0 Å². The molecule has 0 saturated carbocycles. The first-order valence-corrected chi connectivity index (χ1v) is 17.2. The lowest BCUT2D eigenvalue weighted by atomic mass is 10.0. The van der Waals surface area contributed by atoms with E-state index in [9.17, 15) is 4.79 Å². The predicted octanol–water partition coefficient (Wildman–Crippen LogP) is 12.0. The van der Waals surface area contributed by atoms with E-state index in [4.69, 9.17) is 0 Å². The Kier molecular flexibility index (Phi) is 30.8. The zero-order chi connectivity index (χ0) is 27.1. The van der Waals surface area contributed by atoms with Crippen molar-refractivity contribution in [2.24, 2.45) is 0 Å². The number of nitrogens with zero attached hydrogens (tertiary/aromatic N) is 1. The fraction of sp³-hybridized carbons (Fsp3) is 0.914. The van der Waals surface area contributed by atoms with Crippen molar-refractivity contribution in [1.82, 2.24) is 4.90 Å². The Hall–Kier alpha value is -0.790. The van der Waals surface area contributed by atoms with Gasteiger partial charge in [0.15, 0.2) is 0 Å². The van der Waals surface area contributed by atoms with E-state index in [1.807, 2.05) is 4.90 Å². The Morgan fingerprint density at radius 1 is 0.432 bits per heavy atom. The molecule has 0 heterocycles. The van der Waals surface area contributed by atoms with Crippen LogP contribution in [0.5, 0.6) is 0 Å². The molecular weight excluding hydrogens is 450 g/mol. The molecule has 0 spiro atoms. The van der Waals surface area contributed by atoms with Crippen LogP contribution in [0.3, 0.4) is 0 Å². The molecule has 220 valence electrons. The molecule has 0 aromatic heterocycles. The molecule has 0 rings (SSSR count). The minimum Gasteiger partial charge on any atom is -0.339 e. The Bertz CT molecular complexity index is 428. The zero-order valence-corrected chi connectivity index (χ0v) is 25.9. The summed E-state index contributed by atoms with van der Waals surface area (Å²) >= 11 is 0. The van der Waals surface area contributed by atoms with Gasteiger partial charge in [-0.05, 0) is 18.9 Å². The molecule has 0 bridgehead atoms. The summed E-state index contributed by atoms with van der Waals surface area (Å²) in [5, 5.41) is 0. The second kappa shape index (κ2) is 31.4. The van der Waals surface area contributed by atoms with E-state index >= 15 is 0 Å². The highest BCUT2D eigenvalue weighted by Crippen LogP contribution is 2.15. The van der Waals surface area contributed by atoms with Gasteiger partial charge in [-0.1, -0.05) is 187 Å². The second-order valence-electron chi connectivity index (χ2n) is 11.7. The average molecular weight is 520 g/mol. The summed E-state index contributed by atoms with van der Waals surface area (Å²) in [6, 6.07) is 0. The molecule has 0 aromatic carbocycles. The van der Waals surface area contributed by atoms with Gasteiger partial charge in [-0.3, -0.25) is 4.79 Å². The highest BCUT2D eigenvalue weighted by Gasteiger charge is 2.09. The molecule has 0 saturated heterocycles. The largest absolute Gasteiger partial charge is 0.339 e. The lowest BCUT2D eigenvalue weighted by molar-refractivity contribution is -0.126. The number of hydrogen-bond acceptors (Lipinski definition) is 1. The van der Waals surface area contributed by atoms with Gasteiger partial charge < -0.3 is 4.90 Å². The van der Waals surface area contributed by atoms with Crippen molar-refractivity contribution in [3.05, 3.63) is 12.7 Å². The van der Waals surface area contributed by atoms with Crippen LogP contribution in [0.15, 0.2) is 12.7 Å². The van der Waals surface area contributed by atoms with Crippen LogP contribution in [0, 0.1) is 0 Å². The fourth-order valence-electron chi connectivity index (χ4n) is 5.46. The van der Waals surface area contributed by atoms with E-state index < -0.39 is 0 Å². The van der Waals surface area contributed by atoms with Crippen LogP contribution in [0.1, 0.15) is 194 Å². The highest BCUT2D eigenvalue weighted by atomic mass is 16.2. The Morgan fingerprint density at radius 3 is 0.865 bits per heavy atom. The third-order valence-corrected chi connectivity index (χ3v) is 8.05. The summed E-state index contributed by atoms with van der Waals surface area (Å²) < 4.78 is 0. The molecule has 0 atom stereocenters. The van der Waals surface area contributed by atoms with Crippen LogP contribution in [-0.2, 0) is 4.79 Å². The van der Waals surface area contributed by atoms with Crippen molar-refractivity contribution in [3.63, 3.8) is 0 Å². The average Bonchev–Trinajstić information content (AvgIpc) is 2.91. The van der Waals surface area contributed by atoms with Crippen molar-refractivity contribution in [2.75, 3.05) is 13.1 Å². The molecule has 0 N–H and O–H groups in total. The summed E-state index contributed by atoms with van der Waals surface area (Å²) in [5.41, 5.74) is 0. The number of amides is 1. The van der Waals surface area contributed by atoms with Crippen molar-refractivity contribution in [2.45, 2.75) is 194 Å². The number of rotatable bonds is 31. The van der Waals surface area contributed by atoms with Gasteiger partial charge in [0.1, 0.15) is 0 Å². The fourth-order valence-corrected chi connectivity index (χ4v) is 5.46. The maximum Gasteiger partial charge on any atom is 0.245 e. The van der Waals surface area contributed by atoms with Crippen LogP contribution in [0.4, 0.5) is 0 Å². The molecule has 0 fully saturated rings. The van der Waals surface area contributed by atoms with Crippen molar-refractivity contribution < 1.29 is 4.79 Å². The molecule has 1 amide bonds. The van der Waals surface area contributed by atoms with Gasteiger partial charge in [0.2, 0.25) is 5.91 Å². The molecular formula is C35H69NO. The second-order valence-corrected chi connectivity index (χ2v) is 11.7. The van der Waals surface area contributed by atoms with Gasteiger partial charge >= 0.3 is 0 Å². The summed E-state index contributed by atoms with van der Waals surface area (Å²) in [5.74, 6) is 0.129. The first-order valence-electron chi connectivity index (χ1n) is 17.2. The first-order chi connectivity index (χ1) is 18.3. The number of carbonyl (C=O) groups is 1. The van der Waals surface area contributed by atoms with Crippen LogP contribution in [0.2, 0.25) is 0 Å². The molecule has 2 nitrogen and oxygen atoms in total. The van der Waals surface area contributed by atoms with Gasteiger partial charge in [-0.25, -0.2) is 0 Å². The van der Waals surface area contributed by atoms with Crippen LogP contribution < -0.4 is 0 Å². The maximum absolute atomic E-state index is 12.2. The minimum atomic E-state index is 0.129. The van der Waals surface area contributed by atoms with Gasteiger partial charge in [-0.2, -0.15) is 0 Å². The Balaban J connectivity index is 3.52. The first kappa shape index (κ1) is 36.2. The topological polar surface area (TPSA) is 20.3 Å². The van der Waals surface area contributed by atoms with Gasteiger partial charge in [0, 0.05) is 13.1 Å². The molecule has 0 aliphatic rings. The van der Waals surface area contributed by atoms with Gasteiger partial charge in [0.05, 0.1) is 0 Å². The molecule has 37 heavy (non-hydrogen) atoms. The standard InChI is InChI=1S/C35H69NO/c1-4-7-9-11-13-15-17-19-21-23-25-27-29-31-33-36(35(37)6-3)34-32-30-28-26-24-22-20-18-16-14-12-10-8-5-2/h6H,3-5,7-34H2,1-2H3. The number of unbranched alkanes of at least 4 members (excludes halogenated alkanes) is 26. The van der Waals surface area contributed by atoms with E-state index in [0.717, 1.165) is 25.9 Å². The molecule has 0 aliphatic carbocycles. The lowest BCUT2D eigenvalue weighted by Crippen LogP contribution is -2.31. The quantitative estimate of drug-likeness (QED) is 0.0658. The van der Waals surface area contributed by atoms with E-state index in [1.165, 1.54) is 173 Å². The Morgan fingerprint density at radius 2 is 0.649 bits per heavy atom. The van der Waals surface area contributed by atoms with Gasteiger partial charge in [-0.15, -0.1) is 0 Å². The van der Waals surface area contributed by atoms with Gasteiger partial charge in [0.25, 0.3) is 0 Å². The van der Waals surface area contributed by atoms with Crippen LogP contribution in [0.25, 0.3) is 0 Å². The number of hydrogen-bond donors (Lipinski definition) is 0. The summed E-state index contributed by atoms with van der Waals surface area (Å²) in [7, 11) is 0. The SMILES string of the molecule is C=CC(=O)N(CCCCCCCCCCCCCCCC)CCCCCCCCCCCCCCCC. The van der Waals surface area contributed by atoms with E-state index in [-0.39, 0.29) is 5.91 Å². The number of carbonyl (C=O) groups excluding carboxylic acids is 1. The smallest absolute Gasteiger partial charge is 0.245 e. The minimum absolute atomic E-state index is 0.129. The zero-order valence-electron chi connectivity index (χ0n) is 25.9. The van der Waals surface area contributed by atoms with E-state index in [0.29, 0.717) is 0 Å². The third kappa shape index (κ3) is 28.0. The summed E-state index contributed by atoms with van der Waals surface area (Å²) in [6.45, 7) is 10.1. The maximum atomic E-state index is 12.2. The van der Waals surface area contributed by atoms with Crippen molar-refractivity contribution in [1.29, 1.82) is 0 Å². The summed E-state index contributed by atoms with van der Waals surface area (Å²) in [4.78, 5) is 14.3. The molecule has 0 unspecified atom stereocenters. The monoisotopic (exact) mass is 520 g/mol. The molecule has 2 heteroatoms. The third-order valence-electron chi connectivity index (χ3n) is 8.05. The highest BCUT2D eigenvalue weighted by molar-refractivity contribution is 5.86. The lowest BCUT2D eigenvalue weighted by Gasteiger charge is -2.21. The van der Waals surface area contributed by atoms with Crippen LogP contribution in [-0.4, -0.2) is 23.9 Å². The normalized spacial score (nSPS) is 11.2. The van der Waals surface area contributed by atoms with Crippen molar-refractivity contribution in [3.8, 4) is 0 Å². The van der Waals surface area contributed by atoms with Crippen molar-refractivity contribution >= 4 is 5.91 Å². The predicted molar refractivity (Wildman–Crippen MR) is 167 cm³/mol. The molecule has 0 radical (unpaired) electrons. The molecule has 0 aromatic rings.